The van der Waals surface area contributed by atoms with Crippen molar-refractivity contribution in [2.24, 2.45) is 5.92 Å². The zero-order valence-corrected chi connectivity index (χ0v) is 14.3. The van der Waals surface area contributed by atoms with Crippen molar-refractivity contribution in [1.82, 2.24) is 10.0 Å². The second-order valence-corrected chi connectivity index (χ2v) is 7.13. The zero-order chi connectivity index (χ0) is 15.9. The van der Waals surface area contributed by atoms with Crippen LogP contribution in [-0.4, -0.2) is 21.0 Å². The maximum absolute atomic E-state index is 12.5. The molecule has 1 aromatic carbocycles. The average Bonchev–Trinajstić information content (AvgIpc) is 2.46. The molecule has 1 aromatic rings. The molecule has 1 atom stereocenters. The summed E-state index contributed by atoms with van der Waals surface area (Å²) in [6, 6.07) is 7.07. The van der Waals surface area contributed by atoms with Crippen LogP contribution in [0.3, 0.4) is 0 Å². The molecular formula is C16H28N2O2S. The van der Waals surface area contributed by atoms with Gasteiger partial charge < -0.3 is 5.32 Å². The Morgan fingerprint density at radius 3 is 2.38 bits per heavy atom. The first-order valence-electron chi connectivity index (χ1n) is 7.76. The highest BCUT2D eigenvalue weighted by Gasteiger charge is 2.21. The van der Waals surface area contributed by atoms with Crippen LogP contribution in [0.25, 0.3) is 0 Å². The Bertz CT molecular complexity index is 525. The van der Waals surface area contributed by atoms with Crippen LogP contribution in [-0.2, 0) is 16.6 Å². The Morgan fingerprint density at radius 1 is 1.14 bits per heavy atom. The van der Waals surface area contributed by atoms with Crippen molar-refractivity contribution in [2.45, 2.75) is 58.0 Å². The minimum Gasteiger partial charge on any atom is -0.313 e. The molecule has 0 fully saturated rings. The third-order valence-corrected chi connectivity index (χ3v) is 5.44. The van der Waals surface area contributed by atoms with Crippen molar-refractivity contribution in [2.75, 3.05) is 6.54 Å². The first kappa shape index (κ1) is 18.1. The molecule has 0 aromatic heterocycles. The van der Waals surface area contributed by atoms with Crippen LogP contribution in [0.5, 0.6) is 0 Å². The van der Waals surface area contributed by atoms with E-state index >= 15 is 0 Å². The fraction of sp³-hybridized carbons (Fsp3) is 0.625. The van der Waals surface area contributed by atoms with Gasteiger partial charge in [0, 0.05) is 12.6 Å². The summed E-state index contributed by atoms with van der Waals surface area (Å²) in [7, 11) is -3.45. The van der Waals surface area contributed by atoms with E-state index in [0.29, 0.717) is 17.4 Å². The van der Waals surface area contributed by atoms with Gasteiger partial charge in [-0.25, -0.2) is 13.1 Å². The minimum absolute atomic E-state index is 0.0533. The molecule has 0 saturated heterocycles. The Morgan fingerprint density at radius 2 is 1.81 bits per heavy atom. The maximum atomic E-state index is 12.5. The summed E-state index contributed by atoms with van der Waals surface area (Å²) >= 11 is 0. The normalized spacial score (nSPS) is 13.6. The molecule has 0 bridgehead atoms. The maximum Gasteiger partial charge on any atom is 0.240 e. The third-order valence-electron chi connectivity index (χ3n) is 3.88. The molecule has 0 radical (unpaired) electrons. The van der Waals surface area contributed by atoms with Crippen molar-refractivity contribution < 1.29 is 8.42 Å². The first-order chi connectivity index (χ1) is 9.94. The second-order valence-electron chi connectivity index (χ2n) is 5.41. The Balaban J connectivity index is 2.87. The van der Waals surface area contributed by atoms with Crippen molar-refractivity contribution in [3.05, 3.63) is 29.8 Å². The Hall–Kier alpha value is -0.910. The predicted octanol–water partition coefficient (Wildman–Crippen LogP) is 2.90. The van der Waals surface area contributed by atoms with E-state index in [-0.39, 0.29) is 6.04 Å². The van der Waals surface area contributed by atoms with Crippen LogP contribution >= 0.6 is 0 Å². The summed E-state index contributed by atoms with van der Waals surface area (Å²) in [5, 5.41) is 3.21. The largest absolute Gasteiger partial charge is 0.313 e. The fourth-order valence-electron chi connectivity index (χ4n) is 2.50. The molecule has 21 heavy (non-hydrogen) atoms. The molecular weight excluding hydrogens is 284 g/mol. The van der Waals surface area contributed by atoms with E-state index in [1.54, 1.807) is 18.2 Å². The molecule has 0 heterocycles. The van der Waals surface area contributed by atoms with Gasteiger partial charge in [-0.1, -0.05) is 45.7 Å². The molecule has 0 amide bonds. The number of sulfonamides is 1. The van der Waals surface area contributed by atoms with Crippen molar-refractivity contribution in [3.8, 4) is 0 Å². The lowest BCUT2D eigenvalue weighted by molar-refractivity contribution is 0.390. The van der Waals surface area contributed by atoms with Gasteiger partial charge in [0.1, 0.15) is 0 Å². The Kier molecular flexibility index (Phi) is 7.35. The molecule has 4 nitrogen and oxygen atoms in total. The van der Waals surface area contributed by atoms with Gasteiger partial charge in [-0.05, 0) is 37.1 Å². The third kappa shape index (κ3) is 5.41. The van der Waals surface area contributed by atoms with Crippen molar-refractivity contribution >= 4 is 10.0 Å². The van der Waals surface area contributed by atoms with Gasteiger partial charge in [-0.2, -0.15) is 0 Å². The summed E-state index contributed by atoms with van der Waals surface area (Å²) < 4.78 is 27.8. The molecule has 1 rings (SSSR count). The van der Waals surface area contributed by atoms with Gasteiger partial charge in [0.05, 0.1) is 4.90 Å². The van der Waals surface area contributed by atoms with E-state index in [0.717, 1.165) is 24.9 Å². The molecule has 120 valence electrons. The number of nitrogens with one attached hydrogen (secondary N) is 2. The molecule has 2 N–H and O–H groups in total. The lowest BCUT2D eigenvalue weighted by atomic mass is 9.96. The van der Waals surface area contributed by atoms with Gasteiger partial charge in [-0.15, -0.1) is 0 Å². The highest BCUT2D eigenvalue weighted by molar-refractivity contribution is 7.89. The number of rotatable bonds is 9. The molecule has 0 aliphatic heterocycles. The van der Waals surface area contributed by atoms with E-state index < -0.39 is 10.0 Å². The number of hydrogen-bond acceptors (Lipinski definition) is 3. The van der Waals surface area contributed by atoms with E-state index in [1.807, 2.05) is 19.9 Å². The predicted molar refractivity (Wildman–Crippen MR) is 87.7 cm³/mol. The van der Waals surface area contributed by atoms with Gasteiger partial charge in [0.2, 0.25) is 10.0 Å². The van der Waals surface area contributed by atoms with E-state index in [4.69, 9.17) is 0 Å². The van der Waals surface area contributed by atoms with Crippen LogP contribution in [0.15, 0.2) is 29.2 Å². The topological polar surface area (TPSA) is 58.2 Å². The zero-order valence-electron chi connectivity index (χ0n) is 13.5. The Labute approximate surface area is 129 Å². The van der Waals surface area contributed by atoms with E-state index in [2.05, 4.69) is 23.9 Å². The summed E-state index contributed by atoms with van der Waals surface area (Å²) in [5.74, 6) is 0.365. The van der Waals surface area contributed by atoms with Gasteiger partial charge in [-0.3, -0.25) is 0 Å². The van der Waals surface area contributed by atoms with E-state index in [9.17, 15) is 8.42 Å². The molecule has 1 unspecified atom stereocenters. The lowest BCUT2D eigenvalue weighted by Crippen LogP contribution is -2.37. The quantitative estimate of drug-likeness (QED) is 0.737. The highest BCUT2D eigenvalue weighted by Crippen LogP contribution is 2.17. The van der Waals surface area contributed by atoms with Crippen molar-refractivity contribution in [3.63, 3.8) is 0 Å². The van der Waals surface area contributed by atoms with Crippen LogP contribution < -0.4 is 10.0 Å². The summed E-state index contributed by atoms with van der Waals surface area (Å²) in [6.45, 7) is 9.70. The summed E-state index contributed by atoms with van der Waals surface area (Å²) in [5.41, 5.74) is 0.981. The molecule has 5 heteroatoms. The fourth-order valence-corrected chi connectivity index (χ4v) is 3.88. The first-order valence-corrected chi connectivity index (χ1v) is 9.24. The monoisotopic (exact) mass is 312 g/mol. The van der Waals surface area contributed by atoms with Crippen LogP contribution in [0.4, 0.5) is 0 Å². The number of benzene rings is 1. The average molecular weight is 312 g/mol. The van der Waals surface area contributed by atoms with Gasteiger partial charge in [0.25, 0.3) is 0 Å². The van der Waals surface area contributed by atoms with Crippen LogP contribution in [0.2, 0.25) is 0 Å². The lowest BCUT2D eigenvalue weighted by Gasteiger charge is -2.22. The SMILES string of the molecule is CCNCc1cccc(S(=O)(=O)NC(C)C(CC)CC)c1. The smallest absolute Gasteiger partial charge is 0.240 e. The van der Waals surface area contributed by atoms with Crippen LogP contribution in [0.1, 0.15) is 46.1 Å². The summed E-state index contributed by atoms with van der Waals surface area (Å²) in [4.78, 5) is 0.343. The van der Waals surface area contributed by atoms with Gasteiger partial charge >= 0.3 is 0 Å². The van der Waals surface area contributed by atoms with Gasteiger partial charge in [0.15, 0.2) is 0 Å². The molecule has 0 spiro atoms. The van der Waals surface area contributed by atoms with Crippen LogP contribution in [0, 0.1) is 5.92 Å². The standard InChI is InChI=1S/C16H28N2O2S/c1-5-15(6-2)13(4)18-21(19,20)16-10-8-9-14(11-16)12-17-7-3/h8-11,13,15,17-18H,5-7,12H2,1-4H3. The second kappa shape index (κ2) is 8.51. The minimum atomic E-state index is -3.45. The molecule has 0 aliphatic carbocycles. The highest BCUT2D eigenvalue weighted by atomic mass is 32.2. The van der Waals surface area contributed by atoms with Crippen molar-refractivity contribution in [1.29, 1.82) is 0 Å². The van der Waals surface area contributed by atoms with E-state index in [1.165, 1.54) is 0 Å². The molecule has 0 aliphatic rings. The summed E-state index contributed by atoms with van der Waals surface area (Å²) in [6.07, 6.45) is 1.95. The number of hydrogen-bond donors (Lipinski definition) is 2. The molecule has 0 saturated carbocycles.